The maximum absolute atomic E-state index is 4.01. The lowest BCUT2D eigenvalue weighted by Crippen LogP contribution is -2.22. The van der Waals surface area contributed by atoms with E-state index < -0.39 is 0 Å². The van der Waals surface area contributed by atoms with E-state index in [0.717, 1.165) is 0 Å². The lowest BCUT2D eigenvalue weighted by molar-refractivity contribution is 0.380. The maximum Gasteiger partial charge on any atom is 0.0279 e. The molecular formula is C10H15ClN2S. The lowest BCUT2D eigenvalue weighted by atomic mass is 10.2. The summed E-state index contributed by atoms with van der Waals surface area (Å²) in [6, 6.07) is 4.14. The highest BCUT2D eigenvalue weighted by Gasteiger charge is 2.10. The van der Waals surface area contributed by atoms with Gasteiger partial charge in [0.25, 0.3) is 0 Å². The second-order valence-electron chi connectivity index (χ2n) is 3.26. The summed E-state index contributed by atoms with van der Waals surface area (Å²) < 4.78 is 2.44. The fourth-order valence-corrected chi connectivity index (χ4v) is 2.49. The zero-order valence-electron chi connectivity index (χ0n) is 8.06. The monoisotopic (exact) mass is 230 g/mol. The third-order valence-corrected chi connectivity index (χ3v) is 3.31. The van der Waals surface area contributed by atoms with E-state index >= 15 is 0 Å². The van der Waals surface area contributed by atoms with Gasteiger partial charge in [-0.3, -0.25) is 4.98 Å². The van der Waals surface area contributed by atoms with E-state index in [1.54, 1.807) is 0 Å². The van der Waals surface area contributed by atoms with Gasteiger partial charge < -0.3 is 0 Å². The van der Waals surface area contributed by atoms with Crippen LogP contribution in [0.25, 0.3) is 0 Å². The summed E-state index contributed by atoms with van der Waals surface area (Å²) in [5.74, 6) is 0. The van der Waals surface area contributed by atoms with Crippen LogP contribution >= 0.6 is 24.4 Å². The minimum atomic E-state index is 0. The zero-order valence-corrected chi connectivity index (χ0v) is 9.69. The van der Waals surface area contributed by atoms with Crippen molar-refractivity contribution >= 4 is 24.4 Å². The Bertz CT molecular complexity index is 250. The second kappa shape index (κ2) is 6.27. The van der Waals surface area contributed by atoms with Crippen LogP contribution in [0.5, 0.6) is 0 Å². The molecule has 14 heavy (non-hydrogen) atoms. The number of rotatable bonds is 2. The smallest absolute Gasteiger partial charge is 0.0279 e. The molecule has 1 fully saturated rings. The largest absolute Gasteiger partial charge is 0.265 e. The van der Waals surface area contributed by atoms with E-state index in [1.165, 1.54) is 37.2 Å². The van der Waals surface area contributed by atoms with Gasteiger partial charge in [0.05, 0.1) is 0 Å². The van der Waals surface area contributed by atoms with Crippen molar-refractivity contribution in [3.63, 3.8) is 0 Å². The highest BCUT2D eigenvalue weighted by molar-refractivity contribution is 7.97. The van der Waals surface area contributed by atoms with E-state index in [2.05, 4.69) is 21.4 Å². The number of hydrogen-bond acceptors (Lipinski definition) is 3. The molecule has 1 aliphatic heterocycles. The molecule has 0 aliphatic carbocycles. The Balaban J connectivity index is 0.000000980. The van der Waals surface area contributed by atoms with Gasteiger partial charge in [-0.15, -0.1) is 12.4 Å². The van der Waals surface area contributed by atoms with Gasteiger partial charge in [-0.25, -0.2) is 4.31 Å². The van der Waals surface area contributed by atoms with Gasteiger partial charge in [-0.05, 0) is 36.9 Å². The molecule has 78 valence electrons. The van der Waals surface area contributed by atoms with Crippen LogP contribution < -0.4 is 0 Å². The topological polar surface area (TPSA) is 16.1 Å². The molecule has 1 aromatic heterocycles. The molecule has 1 aliphatic rings. The summed E-state index contributed by atoms with van der Waals surface area (Å²) in [5, 5.41) is 0. The van der Waals surface area contributed by atoms with Gasteiger partial charge >= 0.3 is 0 Å². The zero-order chi connectivity index (χ0) is 8.93. The average Bonchev–Trinajstić information content (AvgIpc) is 2.21. The predicted octanol–water partition coefficient (Wildman–Crippen LogP) is 3.00. The van der Waals surface area contributed by atoms with Crippen LogP contribution in [0.4, 0.5) is 0 Å². The average molecular weight is 231 g/mol. The molecule has 0 unspecified atom stereocenters. The third-order valence-electron chi connectivity index (χ3n) is 2.20. The molecule has 0 saturated carbocycles. The summed E-state index contributed by atoms with van der Waals surface area (Å²) in [6.45, 7) is 2.46. The first-order valence-electron chi connectivity index (χ1n) is 4.78. The SMILES string of the molecule is Cl.c1cc(SN2CCCCC2)ccn1. The molecule has 0 N–H and O–H groups in total. The fraction of sp³-hybridized carbons (Fsp3) is 0.500. The molecule has 2 heterocycles. The third kappa shape index (κ3) is 3.48. The van der Waals surface area contributed by atoms with Gasteiger partial charge in [-0.2, -0.15) is 0 Å². The van der Waals surface area contributed by atoms with E-state index in [-0.39, 0.29) is 12.4 Å². The summed E-state index contributed by atoms with van der Waals surface area (Å²) in [6.07, 6.45) is 7.79. The minimum Gasteiger partial charge on any atom is -0.265 e. The fourth-order valence-electron chi connectivity index (χ4n) is 1.50. The van der Waals surface area contributed by atoms with Crippen molar-refractivity contribution in [3.05, 3.63) is 24.5 Å². The lowest BCUT2D eigenvalue weighted by Gasteiger charge is -2.24. The maximum atomic E-state index is 4.01. The molecule has 0 amide bonds. The summed E-state index contributed by atoms with van der Waals surface area (Å²) in [5.41, 5.74) is 0. The molecule has 1 aromatic rings. The Morgan fingerprint density at radius 1 is 1.07 bits per heavy atom. The Morgan fingerprint density at radius 3 is 2.36 bits per heavy atom. The Labute approximate surface area is 95.6 Å². The van der Waals surface area contributed by atoms with Gasteiger partial charge in [0.2, 0.25) is 0 Å². The number of nitrogens with zero attached hydrogens (tertiary/aromatic N) is 2. The van der Waals surface area contributed by atoms with Gasteiger partial charge in [0.15, 0.2) is 0 Å². The van der Waals surface area contributed by atoms with Crippen molar-refractivity contribution in [1.82, 2.24) is 9.29 Å². The summed E-state index contributed by atoms with van der Waals surface area (Å²) in [7, 11) is 0. The van der Waals surface area contributed by atoms with Crippen molar-refractivity contribution < 1.29 is 0 Å². The molecule has 0 atom stereocenters. The minimum absolute atomic E-state index is 0. The van der Waals surface area contributed by atoms with Gasteiger partial charge in [0, 0.05) is 30.4 Å². The van der Waals surface area contributed by atoms with Crippen molar-refractivity contribution in [2.75, 3.05) is 13.1 Å². The molecule has 2 rings (SSSR count). The van der Waals surface area contributed by atoms with Crippen molar-refractivity contribution in [1.29, 1.82) is 0 Å². The van der Waals surface area contributed by atoms with Gasteiger partial charge in [0.1, 0.15) is 0 Å². The molecule has 0 spiro atoms. The number of aromatic nitrogens is 1. The second-order valence-corrected chi connectivity index (χ2v) is 4.43. The first-order chi connectivity index (χ1) is 6.45. The summed E-state index contributed by atoms with van der Waals surface area (Å²) in [4.78, 5) is 5.31. The highest BCUT2D eigenvalue weighted by Crippen LogP contribution is 2.24. The molecular weight excluding hydrogens is 216 g/mol. The highest BCUT2D eigenvalue weighted by atomic mass is 35.5. The molecule has 0 radical (unpaired) electrons. The van der Waals surface area contributed by atoms with Gasteiger partial charge in [-0.1, -0.05) is 6.42 Å². The Hall–Kier alpha value is -0.250. The summed E-state index contributed by atoms with van der Waals surface area (Å²) >= 11 is 1.86. The molecule has 1 saturated heterocycles. The van der Waals surface area contributed by atoms with Crippen LogP contribution in [0.3, 0.4) is 0 Å². The van der Waals surface area contributed by atoms with E-state index in [4.69, 9.17) is 0 Å². The number of pyridine rings is 1. The van der Waals surface area contributed by atoms with E-state index in [9.17, 15) is 0 Å². The van der Waals surface area contributed by atoms with E-state index in [1.807, 2.05) is 24.3 Å². The molecule has 4 heteroatoms. The van der Waals surface area contributed by atoms with Crippen LogP contribution in [0.2, 0.25) is 0 Å². The Kier molecular flexibility index (Phi) is 5.30. The first kappa shape index (κ1) is 11.8. The van der Waals surface area contributed by atoms with Crippen molar-refractivity contribution in [2.45, 2.75) is 24.2 Å². The molecule has 2 nitrogen and oxygen atoms in total. The van der Waals surface area contributed by atoms with E-state index in [0.29, 0.717) is 0 Å². The molecule has 0 bridgehead atoms. The quantitative estimate of drug-likeness (QED) is 0.727. The van der Waals surface area contributed by atoms with Crippen LogP contribution in [0.15, 0.2) is 29.4 Å². The molecule has 0 aromatic carbocycles. The number of halogens is 1. The standard InChI is InChI=1S/C10H14N2S.ClH/c1-2-8-12(9-3-1)13-10-4-6-11-7-5-10;/h4-7H,1-3,8-9H2;1H. The normalized spacial score (nSPS) is 17.4. The van der Waals surface area contributed by atoms with Crippen LogP contribution in [0.1, 0.15) is 19.3 Å². The van der Waals surface area contributed by atoms with Crippen LogP contribution in [-0.4, -0.2) is 22.4 Å². The van der Waals surface area contributed by atoms with Crippen LogP contribution in [0, 0.1) is 0 Å². The van der Waals surface area contributed by atoms with Crippen molar-refractivity contribution in [2.24, 2.45) is 0 Å². The Morgan fingerprint density at radius 2 is 1.71 bits per heavy atom. The number of hydrogen-bond donors (Lipinski definition) is 0. The predicted molar refractivity (Wildman–Crippen MR) is 62.8 cm³/mol. The van der Waals surface area contributed by atoms with Crippen molar-refractivity contribution in [3.8, 4) is 0 Å². The first-order valence-corrected chi connectivity index (χ1v) is 5.55. The van der Waals surface area contributed by atoms with Crippen LogP contribution in [-0.2, 0) is 0 Å². The number of piperidine rings is 1.